The van der Waals surface area contributed by atoms with Crippen molar-refractivity contribution in [3.05, 3.63) is 12.2 Å². The minimum Gasteiger partial charge on any atom is -0.383 e. The van der Waals surface area contributed by atoms with E-state index in [4.69, 9.17) is 11.1 Å². The Hall–Kier alpha value is -1.12. The summed E-state index contributed by atoms with van der Waals surface area (Å²) in [6.07, 6.45) is 1.03. The number of nitrogens with two attached hydrogens (primary N) is 1. The fourth-order valence-electron chi connectivity index (χ4n) is 0.371. The Labute approximate surface area is 61.2 Å². The predicted molar refractivity (Wildman–Crippen MR) is 44.7 cm³/mol. The molecule has 0 aliphatic carbocycles. The van der Waals surface area contributed by atoms with Gasteiger partial charge in [0.15, 0.2) is 0 Å². The average Bonchev–Trinajstić information content (AvgIpc) is 1.87. The van der Waals surface area contributed by atoms with Gasteiger partial charge in [0.05, 0.1) is 12.3 Å². The number of rotatable bonds is 3. The number of amidine groups is 1. The smallest absolute Gasteiger partial charge is 0.136 e. The number of nitrogens with zero attached hydrogens (tertiary/aromatic N) is 1. The van der Waals surface area contributed by atoms with Crippen molar-refractivity contribution in [2.45, 2.75) is 19.9 Å². The lowest BCUT2D eigenvalue weighted by Crippen LogP contribution is -2.16. The number of hydrogen-bond acceptors (Lipinski definition) is 2. The molecule has 0 bridgehead atoms. The zero-order valence-electron chi connectivity index (χ0n) is 6.39. The maximum atomic E-state index is 6.73. The molecule has 0 amide bonds. The second-order valence-corrected chi connectivity index (χ2v) is 2.22. The van der Waals surface area contributed by atoms with Crippen molar-refractivity contribution in [1.82, 2.24) is 0 Å². The van der Waals surface area contributed by atoms with E-state index in [9.17, 15) is 0 Å². The summed E-state index contributed by atoms with van der Waals surface area (Å²) < 4.78 is 0. The predicted octanol–water partition coefficient (Wildman–Crippen LogP) is 0.958. The second kappa shape index (κ2) is 3.82. The second-order valence-electron chi connectivity index (χ2n) is 2.22. The highest BCUT2D eigenvalue weighted by molar-refractivity contribution is 6.27. The third kappa shape index (κ3) is 3.02. The van der Waals surface area contributed by atoms with Crippen LogP contribution in [0.5, 0.6) is 0 Å². The minimum atomic E-state index is 0.0154. The zero-order valence-corrected chi connectivity index (χ0v) is 6.39. The molecule has 0 rings (SSSR count). The Morgan fingerprint density at radius 3 is 2.60 bits per heavy atom. The van der Waals surface area contributed by atoms with Crippen LogP contribution in [-0.4, -0.2) is 18.1 Å². The van der Waals surface area contributed by atoms with Gasteiger partial charge in [-0.3, -0.25) is 4.99 Å². The van der Waals surface area contributed by atoms with Crippen molar-refractivity contribution in [1.29, 1.82) is 5.41 Å². The molecule has 0 aromatic rings. The Morgan fingerprint density at radius 2 is 2.30 bits per heavy atom. The van der Waals surface area contributed by atoms with Crippen LogP contribution in [0.3, 0.4) is 0 Å². The van der Waals surface area contributed by atoms with Crippen LogP contribution >= 0.6 is 0 Å². The number of aliphatic imine (C=N–C) groups is 1. The highest BCUT2D eigenvalue weighted by Gasteiger charge is 1.97. The minimum absolute atomic E-state index is 0.0154. The van der Waals surface area contributed by atoms with Crippen LogP contribution in [0.15, 0.2) is 17.1 Å². The molecule has 0 fully saturated rings. The average molecular weight is 139 g/mol. The monoisotopic (exact) mass is 139 g/mol. The summed E-state index contributed by atoms with van der Waals surface area (Å²) in [6, 6.07) is 0.0154. The van der Waals surface area contributed by atoms with Gasteiger partial charge in [-0.05, 0) is 13.8 Å². The molecule has 1 atom stereocenters. The summed E-state index contributed by atoms with van der Waals surface area (Å²) in [5.74, 6) is 0.246. The summed E-state index contributed by atoms with van der Waals surface area (Å²) in [4.78, 5) is 3.95. The van der Waals surface area contributed by atoms with E-state index in [1.807, 2.05) is 13.8 Å². The van der Waals surface area contributed by atoms with Crippen LogP contribution < -0.4 is 5.73 Å². The molecule has 0 aliphatic heterocycles. The topological polar surface area (TPSA) is 62.2 Å². The Balaban J connectivity index is 4.11. The summed E-state index contributed by atoms with van der Waals surface area (Å²) >= 11 is 0. The normalized spacial score (nSPS) is 14.4. The standard InChI is InChI=1S/C7H13N3/c1-5(2)6(3)10-7(9)4-8/h4,6,8H,1H2,2-3H3,(H2,9,10). The Kier molecular flexibility index (Phi) is 3.39. The van der Waals surface area contributed by atoms with Gasteiger partial charge in [-0.2, -0.15) is 0 Å². The molecule has 56 valence electrons. The lowest BCUT2D eigenvalue weighted by molar-refractivity contribution is 0.867. The van der Waals surface area contributed by atoms with Crippen LogP contribution in [0.4, 0.5) is 0 Å². The van der Waals surface area contributed by atoms with Gasteiger partial charge in [0.25, 0.3) is 0 Å². The number of nitrogens with one attached hydrogen (secondary N) is 1. The Bertz CT molecular complexity index is 170. The van der Waals surface area contributed by atoms with E-state index in [0.717, 1.165) is 11.8 Å². The largest absolute Gasteiger partial charge is 0.383 e. The van der Waals surface area contributed by atoms with Crippen molar-refractivity contribution < 1.29 is 0 Å². The highest BCUT2D eigenvalue weighted by Crippen LogP contribution is 2.00. The quantitative estimate of drug-likeness (QED) is 0.341. The number of hydrogen-bond donors (Lipinski definition) is 2. The van der Waals surface area contributed by atoms with E-state index in [0.29, 0.717) is 0 Å². The summed E-state index contributed by atoms with van der Waals surface area (Å²) in [6.45, 7) is 7.47. The van der Waals surface area contributed by atoms with E-state index in [-0.39, 0.29) is 11.9 Å². The van der Waals surface area contributed by atoms with Crippen LogP contribution in [-0.2, 0) is 0 Å². The zero-order chi connectivity index (χ0) is 8.15. The SMILES string of the molecule is C=C(C)C(C)N=C(N)C=N. The summed E-state index contributed by atoms with van der Waals surface area (Å²) in [5, 5.41) is 6.73. The van der Waals surface area contributed by atoms with Crippen molar-refractivity contribution in [3.63, 3.8) is 0 Å². The molecule has 0 saturated carbocycles. The van der Waals surface area contributed by atoms with E-state index >= 15 is 0 Å². The van der Waals surface area contributed by atoms with Crippen LogP contribution in [0.2, 0.25) is 0 Å². The first-order valence-corrected chi connectivity index (χ1v) is 3.07. The van der Waals surface area contributed by atoms with Crippen molar-refractivity contribution >= 4 is 12.1 Å². The first-order chi connectivity index (χ1) is 4.57. The van der Waals surface area contributed by atoms with Gasteiger partial charge >= 0.3 is 0 Å². The molecule has 0 aromatic carbocycles. The molecule has 10 heavy (non-hydrogen) atoms. The van der Waals surface area contributed by atoms with E-state index in [1.54, 1.807) is 0 Å². The first-order valence-electron chi connectivity index (χ1n) is 3.07. The maximum Gasteiger partial charge on any atom is 0.136 e. The summed E-state index contributed by atoms with van der Waals surface area (Å²) in [7, 11) is 0. The molecule has 0 aromatic heterocycles. The third-order valence-electron chi connectivity index (χ3n) is 1.20. The van der Waals surface area contributed by atoms with Gasteiger partial charge in [-0.1, -0.05) is 12.2 Å². The fourth-order valence-corrected chi connectivity index (χ4v) is 0.371. The summed E-state index contributed by atoms with van der Waals surface area (Å²) in [5.41, 5.74) is 6.23. The van der Waals surface area contributed by atoms with Gasteiger partial charge in [-0.25, -0.2) is 0 Å². The lowest BCUT2D eigenvalue weighted by atomic mass is 10.2. The van der Waals surface area contributed by atoms with Crippen molar-refractivity contribution in [2.75, 3.05) is 0 Å². The highest BCUT2D eigenvalue weighted by atomic mass is 14.9. The molecule has 0 spiro atoms. The molecule has 3 N–H and O–H groups in total. The van der Waals surface area contributed by atoms with Crippen LogP contribution in [0.1, 0.15) is 13.8 Å². The van der Waals surface area contributed by atoms with Gasteiger partial charge in [0, 0.05) is 0 Å². The molecule has 3 heteroatoms. The Morgan fingerprint density at radius 1 is 1.80 bits per heavy atom. The first kappa shape index (κ1) is 8.88. The molecule has 0 saturated heterocycles. The molecule has 0 radical (unpaired) electrons. The molecule has 3 nitrogen and oxygen atoms in total. The maximum absolute atomic E-state index is 6.73. The molecular formula is C7H13N3. The third-order valence-corrected chi connectivity index (χ3v) is 1.20. The lowest BCUT2D eigenvalue weighted by Gasteiger charge is -2.03. The van der Waals surface area contributed by atoms with Gasteiger partial charge in [0.1, 0.15) is 5.84 Å². The molecule has 1 unspecified atom stereocenters. The molecule has 0 aliphatic rings. The van der Waals surface area contributed by atoms with Gasteiger partial charge in [-0.15, -0.1) is 0 Å². The van der Waals surface area contributed by atoms with Gasteiger partial charge < -0.3 is 11.1 Å². The van der Waals surface area contributed by atoms with E-state index in [2.05, 4.69) is 11.6 Å². The van der Waals surface area contributed by atoms with E-state index < -0.39 is 0 Å². The fraction of sp³-hybridized carbons (Fsp3) is 0.429. The van der Waals surface area contributed by atoms with Gasteiger partial charge in [0.2, 0.25) is 0 Å². The molecule has 0 heterocycles. The van der Waals surface area contributed by atoms with Crippen molar-refractivity contribution in [3.8, 4) is 0 Å². The van der Waals surface area contributed by atoms with E-state index in [1.165, 1.54) is 0 Å². The van der Waals surface area contributed by atoms with Crippen LogP contribution in [0.25, 0.3) is 0 Å². The van der Waals surface area contributed by atoms with Crippen molar-refractivity contribution in [2.24, 2.45) is 10.7 Å². The van der Waals surface area contributed by atoms with Crippen LogP contribution in [0, 0.1) is 5.41 Å². The molecular weight excluding hydrogens is 126 g/mol.